The van der Waals surface area contributed by atoms with Crippen molar-refractivity contribution in [2.75, 3.05) is 10.6 Å². The Labute approximate surface area is 112 Å². The van der Waals surface area contributed by atoms with Crippen LogP contribution in [0.25, 0.3) is 0 Å². The molecule has 1 aromatic carbocycles. The molecule has 0 amide bonds. The predicted molar refractivity (Wildman–Crippen MR) is 75.1 cm³/mol. The molecule has 0 aliphatic carbocycles. The van der Waals surface area contributed by atoms with E-state index in [2.05, 4.69) is 28.9 Å². The van der Waals surface area contributed by atoms with Crippen LogP contribution in [0.1, 0.15) is 18.2 Å². The highest BCUT2D eigenvalue weighted by Crippen LogP contribution is 2.37. The van der Waals surface area contributed by atoms with Crippen LogP contribution in [0, 0.1) is 11.3 Å². The number of nitrogen functional groups attached to an aromatic ring is 1. The summed E-state index contributed by atoms with van der Waals surface area (Å²) in [5.74, 6) is 0.781. The second-order valence-corrected chi connectivity index (χ2v) is 4.77. The van der Waals surface area contributed by atoms with Crippen molar-refractivity contribution in [2.45, 2.75) is 19.4 Å². The fourth-order valence-electron chi connectivity index (χ4n) is 2.60. The van der Waals surface area contributed by atoms with Crippen molar-refractivity contribution in [3.8, 4) is 6.07 Å². The van der Waals surface area contributed by atoms with Gasteiger partial charge in [0, 0.05) is 11.7 Å². The van der Waals surface area contributed by atoms with Crippen molar-refractivity contribution < 1.29 is 0 Å². The third-order valence-electron chi connectivity index (χ3n) is 3.47. The molecule has 1 unspecified atom stereocenters. The summed E-state index contributed by atoms with van der Waals surface area (Å²) in [7, 11) is 0. The van der Waals surface area contributed by atoms with E-state index in [1.54, 1.807) is 6.07 Å². The van der Waals surface area contributed by atoms with E-state index in [0.29, 0.717) is 11.7 Å². The summed E-state index contributed by atoms with van der Waals surface area (Å²) in [6.07, 6.45) is 0.990. The fourth-order valence-corrected chi connectivity index (χ4v) is 2.60. The molecule has 4 nitrogen and oxygen atoms in total. The van der Waals surface area contributed by atoms with Crippen LogP contribution in [0.4, 0.5) is 17.2 Å². The van der Waals surface area contributed by atoms with Gasteiger partial charge in [-0.05, 0) is 37.1 Å². The van der Waals surface area contributed by atoms with Crippen LogP contribution in [0.3, 0.4) is 0 Å². The third kappa shape index (κ3) is 1.80. The summed E-state index contributed by atoms with van der Waals surface area (Å²) in [5.41, 5.74) is 8.91. The van der Waals surface area contributed by atoms with Crippen LogP contribution in [0.15, 0.2) is 36.4 Å². The van der Waals surface area contributed by atoms with Crippen molar-refractivity contribution in [1.82, 2.24) is 4.98 Å². The molecule has 0 spiro atoms. The number of hydrogen-bond donors (Lipinski definition) is 1. The average molecular weight is 250 g/mol. The highest BCUT2D eigenvalue weighted by molar-refractivity contribution is 5.70. The average Bonchev–Trinajstić information content (AvgIpc) is 2.75. The number of pyridine rings is 1. The topological polar surface area (TPSA) is 65.9 Å². The minimum Gasteiger partial charge on any atom is -0.396 e. The maximum absolute atomic E-state index is 9.04. The standard InChI is InChI=1S/C15H14N4/c1-10-8-11-4-2-3-5-14(11)19(10)15-7-6-12(17)13(9-16)18-15/h2-7,10H,8,17H2,1H3. The van der Waals surface area contributed by atoms with E-state index >= 15 is 0 Å². The first kappa shape index (κ1) is 11.5. The summed E-state index contributed by atoms with van der Waals surface area (Å²) in [5, 5.41) is 9.04. The predicted octanol–water partition coefficient (Wildman–Crippen LogP) is 2.62. The molecular weight excluding hydrogens is 236 g/mol. The number of benzene rings is 1. The summed E-state index contributed by atoms with van der Waals surface area (Å²) in [6.45, 7) is 2.16. The number of nitrogens with two attached hydrogens (primary N) is 1. The van der Waals surface area contributed by atoms with Crippen LogP contribution in [0.5, 0.6) is 0 Å². The van der Waals surface area contributed by atoms with Crippen LogP contribution in [-0.4, -0.2) is 11.0 Å². The smallest absolute Gasteiger partial charge is 0.165 e. The van der Waals surface area contributed by atoms with Gasteiger partial charge in [-0.3, -0.25) is 0 Å². The zero-order valence-electron chi connectivity index (χ0n) is 10.7. The van der Waals surface area contributed by atoms with Crippen molar-refractivity contribution in [3.63, 3.8) is 0 Å². The number of aromatic nitrogens is 1. The normalized spacial score (nSPS) is 17.1. The summed E-state index contributed by atoms with van der Waals surface area (Å²) < 4.78 is 0. The van der Waals surface area contributed by atoms with Crippen LogP contribution >= 0.6 is 0 Å². The number of rotatable bonds is 1. The molecule has 94 valence electrons. The number of nitriles is 1. The lowest BCUT2D eigenvalue weighted by molar-refractivity contribution is 0.750. The first-order chi connectivity index (χ1) is 9.20. The lowest BCUT2D eigenvalue weighted by Gasteiger charge is -2.24. The lowest BCUT2D eigenvalue weighted by atomic mass is 10.1. The second kappa shape index (κ2) is 4.29. The van der Waals surface area contributed by atoms with Gasteiger partial charge in [-0.15, -0.1) is 0 Å². The molecule has 19 heavy (non-hydrogen) atoms. The first-order valence-corrected chi connectivity index (χ1v) is 6.24. The summed E-state index contributed by atoms with van der Waals surface area (Å²) in [4.78, 5) is 6.52. The van der Waals surface area contributed by atoms with Crippen LogP contribution in [0.2, 0.25) is 0 Å². The Hall–Kier alpha value is -2.54. The molecule has 2 aromatic rings. The van der Waals surface area contributed by atoms with E-state index in [1.165, 1.54) is 5.56 Å². The Kier molecular flexibility index (Phi) is 2.60. The summed E-state index contributed by atoms with van der Waals surface area (Å²) in [6, 6.07) is 14.3. The Morgan fingerprint density at radius 1 is 1.32 bits per heavy atom. The van der Waals surface area contributed by atoms with Gasteiger partial charge in [0.05, 0.1) is 5.69 Å². The van der Waals surface area contributed by atoms with E-state index in [9.17, 15) is 0 Å². The third-order valence-corrected chi connectivity index (χ3v) is 3.47. The minimum atomic E-state index is 0.286. The quantitative estimate of drug-likeness (QED) is 0.844. The Morgan fingerprint density at radius 3 is 2.89 bits per heavy atom. The lowest BCUT2D eigenvalue weighted by Crippen LogP contribution is -2.25. The van der Waals surface area contributed by atoms with Gasteiger partial charge in [-0.25, -0.2) is 4.98 Å². The molecule has 2 heterocycles. The number of nitrogens with zero attached hydrogens (tertiary/aromatic N) is 3. The van der Waals surface area contributed by atoms with Gasteiger partial charge in [-0.1, -0.05) is 18.2 Å². The van der Waals surface area contributed by atoms with Gasteiger partial charge < -0.3 is 10.6 Å². The Morgan fingerprint density at radius 2 is 2.11 bits per heavy atom. The Balaban J connectivity index is 2.10. The molecule has 3 rings (SSSR count). The number of anilines is 3. The van der Waals surface area contributed by atoms with Gasteiger partial charge in [0.25, 0.3) is 0 Å². The monoisotopic (exact) mass is 250 g/mol. The van der Waals surface area contributed by atoms with Gasteiger partial charge in [-0.2, -0.15) is 5.26 Å². The molecule has 1 aliphatic heterocycles. The highest BCUT2D eigenvalue weighted by Gasteiger charge is 2.27. The van der Waals surface area contributed by atoms with E-state index in [4.69, 9.17) is 11.0 Å². The van der Waals surface area contributed by atoms with Gasteiger partial charge in [0.2, 0.25) is 0 Å². The van der Waals surface area contributed by atoms with Gasteiger partial charge in [0.1, 0.15) is 11.9 Å². The second-order valence-electron chi connectivity index (χ2n) is 4.77. The highest BCUT2D eigenvalue weighted by atomic mass is 15.2. The largest absolute Gasteiger partial charge is 0.396 e. The van der Waals surface area contributed by atoms with Crippen molar-refractivity contribution in [1.29, 1.82) is 5.26 Å². The van der Waals surface area contributed by atoms with Crippen molar-refractivity contribution in [3.05, 3.63) is 47.7 Å². The van der Waals surface area contributed by atoms with Gasteiger partial charge in [0.15, 0.2) is 5.69 Å². The fraction of sp³-hybridized carbons (Fsp3) is 0.200. The molecule has 0 saturated carbocycles. The number of para-hydroxylation sites is 1. The molecular formula is C15H14N4. The van der Waals surface area contributed by atoms with Crippen molar-refractivity contribution >= 4 is 17.2 Å². The zero-order valence-corrected chi connectivity index (χ0v) is 10.7. The van der Waals surface area contributed by atoms with Crippen LogP contribution < -0.4 is 10.6 Å². The molecule has 4 heteroatoms. The minimum absolute atomic E-state index is 0.286. The molecule has 2 N–H and O–H groups in total. The molecule has 1 aliphatic rings. The number of fused-ring (bicyclic) bond motifs is 1. The summed E-state index contributed by atoms with van der Waals surface area (Å²) >= 11 is 0. The van der Waals surface area contributed by atoms with Crippen LogP contribution in [-0.2, 0) is 6.42 Å². The molecule has 1 aromatic heterocycles. The molecule has 0 fully saturated rings. The number of hydrogen-bond acceptors (Lipinski definition) is 4. The Bertz CT molecular complexity index is 672. The maximum atomic E-state index is 9.04. The zero-order chi connectivity index (χ0) is 13.4. The molecule has 0 radical (unpaired) electrons. The first-order valence-electron chi connectivity index (χ1n) is 6.24. The van der Waals surface area contributed by atoms with E-state index in [1.807, 2.05) is 24.3 Å². The van der Waals surface area contributed by atoms with E-state index < -0.39 is 0 Å². The molecule has 1 atom stereocenters. The van der Waals surface area contributed by atoms with E-state index in [-0.39, 0.29) is 5.69 Å². The van der Waals surface area contributed by atoms with E-state index in [0.717, 1.165) is 17.9 Å². The maximum Gasteiger partial charge on any atom is 0.165 e. The molecule has 0 saturated heterocycles. The van der Waals surface area contributed by atoms with Crippen molar-refractivity contribution in [2.24, 2.45) is 0 Å². The molecule has 0 bridgehead atoms. The van der Waals surface area contributed by atoms with Gasteiger partial charge >= 0.3 is 0 Å². The SMILES string of the molecule is CC1Cc2ccccc2N1c1ccc(N)c(C#N)n1.